The summed E-state index contributed by atoms with van der Waals surface area (Å²) in [6, 6.07) is -0.268. The van der Waals surface area contributed by atoms with Crippen LogP contribution in [0.3, 0.4) is 0 Å². The summed E-state index contributed by atoms with van der Waals surface area (Å²) in [4.78, 5) is 23.0. The number of nitrogens with one attached hydrogen (secondary N) is 1. The van der Waals surface area contributed by atoms with Gasteiger partial charge in [0.1, 0.15) is 18.2 Å². The van der Waals surface area contributed by atoms with Crippen LogP contribution in [0.15, 0.2) is 24.1 Å². The third-order valence-corrected chi connectivity index (χ3v) is 5.14. The highest BCUT2D eigenvalue weighted by molar-refractivity contribution is 7.18. The molecule has 118 valence electrons. The lowest BCUT2D eigenvalue weighted by molar-refractivity contribution is -0.117. The summed E-state index contributed by atoms with van der Waals surface area (Å²) in [5, 5.41) is 9.48. The summed E-state index contributed by atoms with van der Waals surface area (Å²) in [5.41, 5.74) is 2.91. The second-order valence-electron chi connectivity index (χ2n) is 5.67. The van der Waals surface area contributed by atoms with Crippen molar-refractivity contribution in [3.63, 3.8) is 0 Å². The van der Waals surface area contributed by atoms with Crippen molar-refractivity contribution in [2.45, 2.75) is 19.4 Å². The highest BCUT2D eigenvalue weighted by Crippen LogP contribution is 2.30. The first-order valence-corrected chi connectivity index (χ1v) is 8.27. The fourth-order valence-electron chi connectivity index (χ4n) is 2.86. The third kappa shape index (κ3) is 2.35. The quantitative estimate of drug-likeness (QED) is 0.795. The fourth-order valence-corrected chi connectivity index (χ4v) is 3.81. The molecule has 4 rings (SSSR count). The number of fused-ring (bicyclic) bond motifs is 1. The summed E-state index contributed by atoms with van der Waals surface area (Å²) in [6.07, 6.45) is 5.85. The third-order valence-electron chi connectivity index (χ3n) is 4.05. The molecule has 8 heteroatoms. The number of amides is 1. The van der Waals surface area contributed by atoms with Crippen molar-refractivity contribution in [1.29, 1.82) is 0 Å². The smallest absolute Gasteiger partial charge is 0.249 e. The number of aryl methyl sites for hydroxylation is 2. The molecular weight excluding hydrogens is 312 g/mol. The van der Waals surface area contributed by atoms with Crippen molar-refractivity contribution in [2.75, 3.05) is 16.8 Å². The molecule has 0 saturated carbocycles. The maximum Gasteiger partial charge on any atom is 0.249 e. The van der Waals surface area contributed by atoms with Gasteiger partial charge in [-0.3, -0.25) is 9.48 Å². The Morgan fingerprint density at radius 2 is 2.26 bits per heavy atom. The van der Waals surface area contributed by atoms with Gasteiger partial charge in [-0.25, -0.2) is 9.97 Å². The van der Waals surface area contributed by atoms with Gasteiger partial charge in [0, 0.05) is 19.8 Å². The van der Waals surface area contributed by atoms with Crippen LogP contribution in [0.5, 0.6) is 0 Å². The van der Waals surface area contributed by atoms with Crippen molar-refractivity contribution in [3.8, 4) is 0 Å². The maximum absolute atomic E-state index is 12.6. The Morgan fingerprint density at radius 3 is 3.04 bits per heavy atom. The number of carbonyl (C=O) groups is 1. The van der Waals surface area contributed by atoms with Crippen LogP contribution >= 0.6 is 11.3 Å². The average Bonchev–Trinajstić information content (AvgIpc) is 3.22. The second kappa shape index (κ2) is 5.31. The van der Waals surface area contributed by atoms with E-state index in [9.17, 15) is 4.79 Å². The Balaban J connectivity index is 1.58. The Morgan fingerprint density at radius 1 is 1.39 bits per heavy atom. The molecule has 1 aliphatic rings. The van der Waals surface area contributed by atoms with Crippen molar-refractivity contribution in [2.24, 2.45) is 7.05 Å². The van der Waals surface area contributed by atoms with Crippen LogP contribution in [0.25, 0.3) is 10.2 Å². The highest BCUT2D eigenvalue weighted by atomic mass is 32.1. The van der Waals surface area contributed by atoms with E-state index in [1.54, 1.807) is 33.4 Å². The van der Waals surface area contributed by atoms with Gasteiger partial charge in [-0.05, 0) is 24.3 Å². The lowest BCUT2D eigenvalue weighted by Gasteiger charge is -2.15. The molecule has 3 aromatic heterocycles. The van der Waals surface area contributed by atoms with Crippen LogP contribution in [0, 0.1) is 6.92 Å². The van der Waals surface area contributed by atoms with Gasteiger partial charge in [-0.15, -0.1) is 11.3 Å². The first-order valence-electron chi connectivity index (χ1n) is 7.39. The molecule has 1 atom stereocenters. The molecule has 0 spiro atoms. The van der Waals surface area contributed by atoms with Crippen LogP contribution in [0.4, 0.5) is 11.5 Å². The van der Waals surface area contributed by atoms with E-state index in [1.165, 1.54) is 0 Å². The first kappa shape index (κ1) is 14.1. The minimum atomic E-state index is -0.268. The standard InChI is InChI=1S/C15H16N6OS/c1-9-7-23-13-12(9)16-8-17-14(13)19-11-3-4-21(15(11)22)10-5-18-20(2)6-10/h5-8,11H,3-4H2,1-2H3,(H,16,17,19). The van der Waals surface area contributed by atoms with Gasteiger partial charge in [0.25, 0.3) is 0 Å². The Labute approximate surface area is 137 Å². The SMILES string of the molecule is Cc1csc2c(NC3CCN(c4cnn(C)c4)C3=O)ncnc12. The van der Waals surface area contributed by atoms with E-state index >= 15 is 0 Å². The molecule has 1 unspecified atom stereocenters. The predicted octanol–water partition coefficient (Wildman–Crippen LogP) is 1.95. The normalized spacial score (nSPS) is 18.1. The maximum atomic E-state index is 12.6. The van der Waals surface area contributed by atoms with Crippen molar-refractivity contribution < 1.29 is 4.79 Å². The number of anilines is 2. The molecule has 23 heavy (non-hydrogen) atoms. The van der Waals surface area contributed by atoms with Crippen LogP contribution in [0.2, 0.25) is 0 Å². The number of nitrogens with zero attached hydrogens (tertiary/aromatic N) is 5. The van der Waals surface area contributed by atoms with Gasteiger partial charge in [0.15, 0.2) is 0 Å². The molecule has 4 heterocycles. The number of hydrogen-bond donors (Lipinski definition) is 1. The second-order valence-corrected chi connectivity index (χ2v) is 6.55. The Kier molecular flexibility index (Phi) is 3.26. The number of carbonyl (C=O) groups excluding carboxylic acids is 1. The summed E-state index contributed by atoms with van der Waals surface area (Å²) in [6.45, 7) is 2.71. The van der Waals surface area contributed by atoms with Gasteiger partial charge in [0.05, 0.1) is 22.1 Å². The highest BCUT2D eigenvalue weighted by Gasteiger charge is 2.33. The number of hydrogen-bond acceptors (Lipinski definition) is 6. The van der Waals surface area contributed by atoms with E-state index < -0.39 is 0 Å². The summed E-state index contributed by atoms with van der Waals surface area (Å²) in [5.74, 6) is 0.789. The molecule has 0 radical (unpaired) electrons. The number of rotatable bonds is 3. The van der Waals surface area contributed by atoms with Gasteiger partial charge >= 0.3 is 0 Å². The first-order chi connectivity index (χ1) is 11.1. The zero-order valence-corrected chi connectivity index (χ0v) is 13.7. The van der Waals surface area contributed by atoms with Gasteiger partial charge in [-0.2, -0.15) is 5.10 Å². The van der Waals surface area contributed by atoms with Crippen molar-refractivity contribution in [3.05, 3.63) is 29.7 Å². The Bertz CT molecular complexity index is 885. The number of thiophene rings is 1. The van der Waals surface area contributed by atoms with Gasteiger partial charge in [0.2, 0.25) is 5.91 Å². The zero-order valence-electron chi connectivity index (χ0n) is 12.9. The van der Waals surface area contributed by atoms with Crippen LogP contribution in [0.1, 0.15) is 12.0 Å². The lowest BCUT2D eigenvalue weighted by Crippen LogP contribution is -2.33. The topological polar surface area (TPSA) is 75.9 Å². The van der Waals surface area contributed by atoms with Crippen LogP contribution in [-0.4, -0.2) is 38.2 Å². The van der Waals surface area contributed by atoms with Crippen molar-refractivity contribution >= 4 is 39.0 Å². The largest absolute Gasteiger partial charge is 0.357 e. The van der Waals surface area contributed by atoms with Crippen molar-refractivity contribution in [1.82, 2.24) is 19.7 Å². The lowest BCUT2D eigenvalue weighted by atomic mass is 10.2. The van der Waals surface area contributed by atoms with Gasteiger partial charge < -0.3 is 10.2 Å². The molecule has 7 nitrogen and oxygen atoms in total. The molecule has 1 amide bonds. The van der Waals surface area contributed by atoms with E-state index in [2.05, 4.69) is 25.8 Å². The molecule has 1 N–H and O–H groups in total. The summed E-state index contributed by atoms with van der Waals surface area (Å²) < 4.78 is 2.70. The van der Waals surface area contributed by atoms with E-state index in [0.29, 0.717) is 6.54 Å². The Hall–Kier alpha value is -2.48. The average molecular weight is 328 g/mol. The molecule has 0 bridgehead atoms. The molecule has 1 aliphatic heterocycles. The molecule has 0 aliphatic carbocycles. The predicted molar refractivity (Wildman–Crippen MR) is 89.7 cm³/mol. The molecule has 0 aromatic carbocycles. The van der Waals surface area contributed by atoms with Crippen LogP contribution in [-0.2, 0) is 11.8 Å². The molecule has 3 aromatic rings. The zero-order chi connectivity index (χ0) is 16.0. The van der Waals surface area contributed by atoms with Crippen LogP contribution < -0.4 is 10.2 Å². The van der Waals surface area contributed by atoms with E-state index in [0.717, 1.165) is 33.7 Å². The van der Waals surface area contributed by atoms with Gasteiger partial charge in [-0.1, -0.05) is 0 Å². The van der Waals surface area contributed by atoms with E-state index in [1.807, 2.05) is 20.2 Å². The molecular formula is C15H16N6OS. The minimum Gasteiger partial charge on any atom is -0.357 e. The summed E-state index contributed by atoms with van der Waals surface area (Å²) >= 11 is 1.60. The van der Waals surface area contributed by atoms with E-state index in [-0.39, 0.29) is 11.9 Å². The molecule has 1 saturated heterocycles. The number of aromatic nitrogens is 4. The molecule has 1 fully saturated rings. The van der Waals surface area contributed by atoms with E-state index in [4.69, 9.17) is 0 Å². The summed E-state index contributed by atoms with van der Waals surface area (Å²) in [7, 11) is 1.84. The minimum absolute atomic E-state index is 0.0537. The fraction of sp³-hybridized carbons (Fsp3) is 0.333. The monoisotopic (exact) mass is 328 g/mol.